The predicted molar refractivity (Wildman–Crippen MR) is 67.2 cm³/mol. The fourth-order valence-corrected chi connectivity index (χ4v) is 3.09. The molecule has 0 N–H and O–H groups in total. The van der Waals surface area contributed by atoms with Crippen LogP contribution in [0.2, 0.25) is 0 Å². The summed E-state index contributed by atoms with van der Waals surface area (Å²) >= 11 is 4.16. The van der Waals surface area contributed by atoms with Gasteiger partial charge in [-0.25, -0.2) is 4.98 Å². The van der Waals surface area contributed by atoms with Gasteiger partial charge in [-0.05, 0) is 26.7 Å². The van der Waals surface area contributed by atoms with Gasteiger partial charge in [-0.3, -0.25) is 0 Å². The Kier molecular flexibility index (Phi) is 3.14. The number of hydrogen-bond acceptors (Lipinski definition) is 3. The lowest BCUT2D eigenvalue weighted by atomic mass is 10.1. The zero-order chi connectivity index (χ0) is 10.2. The summed E-state index contributed by atoms with van der Waals surface area (Å²) in [5.74, 6) is 0. The first-order valence-corrected chi connectivity index (χ1v) is 7.13. The van der Waals surface area contributed by atoms with Crippen LogP contribution in [-0.2, 0) is 4.74 Å². The largest absolute Gasteiger partial charge is 0.364 e. The monoisotopic (exact) mass is 323 g/mol. The molecule has 2 atom stereocenters. The first-order valence-electron chi connectivity index (χ1n) is 4.79. The van der Waals surface area contributed by atoms with Crippen molar-refractivity contribution in [3.05, 3.63) is 16.1 Å². The number of aryl methyl sites for hydroxylation is 1. The summed E-state index contributed by atoms with van der Waals surface area (Å²) in [5.41, 5.74) is 0.0742. The highest BCUT2D eigenvalue weighted by atomic mass is 127. The van der Waals surface area contributed by atoms with Gasteiger partial charge >= 0.3 is 0 Å². The smallest absolute Gasteiger partial charge is 0.122 e. The molecule has 0 amide bonds. The highest BCUT2D eigenvalue weighted by molar-refractivity contribution is 14.1. The predicted octanol–water partition coefficient (Wildman–Crippen LogP) is 3.50. The summed E-state index contributed by atoms with van der Waals surface area (Å²) in [4.78, 5) is 5.66. The minimum Gasteiger partial charge on any atom is -0.364 e. The number of alkyl halides is 1. The minimum atomic E-state index is 0.0742. The summed E-state index contributed by atoms with van der Waals surface area (Å²) < 4.78 is 7.10. The maximum absolute atomic E-state index is 6.04. The molecule has 14 heavy (non-hydrogen) atoms. The van der Waals surface area contributed by atoms with Crippen LogP contribution in [0.1, 0.15) is 35.8 Å². The van der Waals surface area contributed by atoms with Crippen LogP contribution in [0.3, 0.4) is 0 Å². The van der Waals surface area contributed by atoms with Crippen LogP contribution in [-0.4, -0.2) is 15.0 Å². The van der Waals surface area contributed by atoms with Crippen LogP contribution >= 0.6 is 33.9 Å². The lowest BCUT2D eigenvalue weighted by molar-refractivity contribution is -0.0110. The Balaban J connectivity index is 2.09. The summed E-state index contributed by atoms with van der Waals surface area (Å²) in [6.07, 6.45) is 4.45. The third-order valence-corrected chi connectivity index (χ3v) is 5.18. The Bertz CT molecular complexity index is 328. The SMILES string of the molecule is Cc1cnc(C2CCC(C)(CI)O2)s1. The van der Waals surface area contributed by atoms with Crippen molar-refractivity contribution >= 4 is 33.9 Å². The first kappa shape index (κ1) is 10.8. The van der Waals surface area contributed by atoms with Gasteiger partial charge < -0.3 is 4.74 Å². The van der Waals surface area contributed by atoms with Gasteiger partial charge in [0.05, 0.1) is 5.60 Å². The minimum absolute atomic E-state index is 0.0742. The molecule has 0 spiro atoms. The molecule has 0 bridgehead atoms. The molecule has 1 aromatic heterocycles. The highest BCUT2D eigenvalue weighted by Crippen LogP contribution is 2.41. The highest BCUT2D eigenvalue weighted by Gasteiger charge is 2.36. The number of rotatable bonds is 2. The van der Waals surface area contributed by atoms with E-state index in [1.807, 2.05) is 6.20 Å². The Labute approximate surface area is 102 Å². The summed E-state index contributed by atoms with van der Waals surface area (Å²) in [7, 11) is 0. The molecular weight excluding hydrogens is 309 g/mol. The second kappa shape index (κ2) is 4.06. The maximum Gasteiger partial charge on any atom is 0.122 e. The van der Waals surface area contributed by atoms with E-state index in [2.05, 4.69) is 41.4 Å². The summed E-state index contributed by atoms with van der Waals surface area (Å²) in [6.45, 7) is 4.29. The van der Waals surface area contributed by atoms with E-state index in [9.17, 15) is 0 Å². The summed E-state index contributed by atoms with van der Waals surface area (Å²) in [6, 6.07) is 0. The van der Waals surface area contributed by atoms with Crippen LogP contribution in [0.5, 0.6) is 0 Å². The van der Waals surface area contributed by atoms with Crippen molar-refractivity contribution in [3.8, 4) is 0 Å². The van der Waals surface area contributed by atoms with E-state index in [0.29, 0.717) is 0 Å². The molecule has 2 heterocycles. The Hall–Kier alpha value is 0.320. The van der Waals surface area contributed by atoms with E-state index >= 15 is 0 Å². The third kappa shape index (κ3) is 2.12. The van der Waals surface area contributed by atoms with Crippen molar-refractivity contribution in [1.82, 2.24) is 4.98 Å². The van der Waals surface area contributed by atoms with Gasteiger partial charge in [0.15, 0.2) is 0 Å². The van der Waals surface area contributed by atoms with Crippen LogP contribution in [0.25, 0.3) is 0 Å². The molecular formula is C10H14INOS. The van der Waals surface area contributed by atoms with E-state index in [1.54, 1.807) is 11.3 Å². The molecule has 2 unspecified atom stereocenters. The van der Waals surface area contributed by atoms with Crippen LogP contribution in [0, 0.1) is 6.92 Å². The number of aromatic nitrogens is 1. The van der Waals surface area contributed by atoms with Gasteiger partial charge in [-0.2, -0.15) is 0 Å². The van der Waals surface area contributed by atoms with Crippen molar-refractivity contribution in [2.75, 3.05) is 4.43 Å². The van der Waals surface area contributed by atoms with Crippen LogP contribution in [0.4, 0.5) is 0 Å². The Morgan fingerprint density at radius 3 is 3.07 bits per heavy atom. The van der Waals surface area contributed by atoms with Gasteiger partial charge in [0.25, 0.3) is 0 Å². The zero-order valence-electron chi connectivity index (χ0n) is 8.42. The lowest BCUT2D eigenvalue weighted by Gasteiger charge is -2.21. The fraction of sp³-hybridized carbons (Fsp3) is 0.700. The van der Waals surface area contributed by atoms with E-state index < -0.39 is 0 Å². The second-order valence-electron chi connectivity index (χ2n) is 4.04. The molecule has 1 aromatic rings. The molecule has 0 saturated carbocycles. The quantitative estimate of drug-likeness (QED) is 0.614. The number of hydrogen-bond donors (Lipinski definition) is 0. The second-order valence-corrected chi connectivity index (χ2v) is 6.07. The standard InChI is InChI=1S/C10H14INOS/c1-7-5-12-9(14-7)8-3-4-10(2,6-11)13-8/h5,8H,3-4,6H2,1-2H3. The Morgan fingerprint density at radius 1 is 1.79 bits per heavy atom. The van der Waals surface area contributed by atoms with Crippen LogP contribution < -0.4 is 0 Å². The molecule has 4 heteroatoms. The van der Waals surface area contributed by atoms with Crippen molar-refractivity contribution in [1.29, 1.82) is 0 Å². The van der Waals surface area contributed by atoms with E-state index in [1.165, 1.54) is 4.88 Å². The number of nitrogens with zero attached hydrogens (tertiary/aromatic N) is 1. The molecule has 0 aromatic carbocycles. The molecule has 0 radical (unpaired) electrons. The van der Waals surface area contributed by atoms with Gasteiger partial charge in [0.2, 0.25) is 0 Å². The average Bonchev–Trinajstić information content (AvgIpc) is 2.73. The van der Waals surface area contributed by atoms with Gasteiger partial charge in [0, 0.05) is 15.5 Å². The van der Waals surface area contributed by atoms with Gasteiger partial charge in [0.1, 0.15) is 11.1 Å². The normalized spacial score (nSPS) is 32.4. The van der Waals surface area contributed by atoms with Gasteiger partial charge in [-0.15, -0.1) is 11.3 Å². The molecule has 2 nitrogen and oxygen atoms in total. The van der Waals surface area contributed by atoms with Crippen molar-refractivity contribution in [3.63, 3.8) is 0 Å². The fourth-order valence-electron chi connectivity index (χ4n) is 1.69. The number of halogens is 1. The third-order valence-electron chi connectivity index (χ3n) is 2.56. The molecule has 1 aliphatic rings. The zero-order valence-corrected chi connectivity index (χ0v) is 11.4. The topological polar surface area (TPSA) is 22.1 Å². The van der Waals surface area contributed by atoms with Crippen molar-refractivity contribution in [2.24, 2.45) is 0 Å². The molecule has 1 aliphatic heterocycles. The molecule has 1 saturated heterocycles. The number of thiazole rings is 1. The van der Waals surface area contributed by atoms with E-state index in [4.69, 9.17) is 4.74 Å². The lowest BCUT2D eigenvalue weighted by Crippen LogP contribution is -2.24. The van der Waals surface area contributed by atoms with E-state index in [-0.39, 0.29) is 11.7 Å². The molecule has 0 aliphatic carbocycles. The number of ether oxygens (including phenoxy) is 1. The first-order chi connectivity index (χ1) is 6.63. The molecule has 1 fully saturated rings. The van der Waals surface area contributed by atoms with Crippen LogP contribution in [0.15, 0.2) is 6.20 Å². The van der Waals surface area contributed by atoms with E-state index in [0.717, 1.165) is 22.3 Å². The summed E-state index contributed by atoms with van der Waals surface area (Å²) in [5, 5.41) is 1.15. The average molecular weight is 323 g/mol. The maximum atomic E-state index is 6.04. The van der Waals surface area contributed by atoms with Crippen molar-refractivity contribution < 1.29 is 4.74 Å². The van der Waals surface area contributed by atoms with Crippen molar-refractivity contribution in [2.45, 2.75) is 38.4 Å². The Morgan fingerprint density at radius 2 is 2.57 bits per heavy atom. The van der Waals surface area contributed by atoms with Gasteiger partial charge in [-0.1, -0.05) is 22.6 Å². The molecule has 2 rings (SSSR count). The molecule has 78 valence electrons.